The highest BCUT2D eigenvalue weighted by atomic mass is 16.5. The summed E-state index contributed by atoms with van der Waals surface area (Å²) in [7, 11) is 3.75. The van der Waals surface area contributed by atoms with Crippen LogP contribution in [0.4, 0.5) is 0 Å². The average molecular weight is 493 g/mol. The number of hydrogen-bond acceptors (Lipinski definition) is 8. The van der Waals surface area contributed by atoms with Gasteiger partial charge in [0.05, 0.1) is 33.4 Å². The Morgan fingerprint density at radius 1 is 1.14 bits per heavy atom. The summed E-state index contributed by atoms with van der Waals surface area (Å²) >= 11 is 0. The molecule has 0 saturated carbocycles. The molecule has 2 aliphatic heterocycles. The summed E-state index contributed by atoms with van der Waals surface area (Å²) < 4.78 is 22.2. The number of ether oxygens (including phenoxy) is 3. The third-order valence-corrected chi connectivity index (χ3v) is 6.69. The molecule has 0 bridgehead atoms. The highest BCUT2D eigenvalue weighted by Gasteiger charge is 2.36. The molecule has 9 nitrogen and oxygen atoms in total. The number of likely N-dealkylation sites (tertiary alicyclic amines) is 1. The van der Waals surface area contributed by atoms with Crippen LogP contribution in [0.1, 0.15) is 28.7 Å². The van der Waals surface area contributed by atoms with Crippen molar-refractivity contribution in [2.24, 2.45) is 5.41 Å². The van der Waals surface area contributed by atoms with Crippen LogP contribution < -0.4 is 9.47 Å². The van der Waals surface area contributed by atoms with E-state index in [0.29, 0.717) is 19.0 Å². The molecule has 0 N–H and O–H groups in total. The molecule has 1 amide bonds. The third kappa shape index (κ3) is 5.22. The van der Waals surface area contributed by atoms with Gasteiger partial charge in [0.15, 0.2) is 0 Å². The zero-order chi connectivity index (χ0) is 25.3. The monoisotopic (exact) mass is 492 g/mol. The molecule has 0 spiro atoms. The minimum atomic E-state index is -0.290. The molecule has 5 rings (SSSR count). The van der Waals surface area contributed by atoms with Gasteiger partial charge in [-0.1, -0.05) is 13.0 Å². The van der Waals surface area contributed by atoms with Crippen molar-refractivity contribution in [1.29, 1.82) is 0 Å². The third-order valence-electron chi connectivity index (χ3n) is 6.69. The van der Waals surface area contributed by atoms with Gasteiger partial charge in [0, 0.05) is 24.1 Å². The Balaban J connectivity index is 1.11. The Morgan fingerprint density at radius 2 is 1.86 bits per heavy atom. The number of rotatable bonds is 9. The summed E-state index contributed by atoms with van der Waals surface area (Å²) in [6.45, 7) is 8.89. The summed E-state index contributed by atoms with van der Waals surface area (Å²) in [5.41, 5.74) is 3.46. The molecule has 36 heavy (non-hydrogen) atoms. The maximum atomic E-state index is 12.7. The maximum Gasteiger partial charge on any atom is 0.311 e. The molecule has 190 valence electrons. The van der Waals surface area contributed by atoms with Gasteiger partial charge >= 0.3 is 11.8 Å². The molecular formula is C27H32N4O5. The second kappa shape index (κ2) is 9.91. The number of methoxy groups -OCH3 is 1. The normalized spacial score (nSPS) is 17.0. The standard InChI is InChI=1S/C27H32N4O5/c1-18-11-22(10-7-20(18)12-30(3)15-27(2)16-34-17-27)35-23-13-31(14-23)26(32)25-29-28-24(36-25)19-5-8-21(33-4)9-6-19/h5-11,23H,12-17H2,1-4H3. The second-order valence-corrected chi connectivity index (χ2v) is 10.2. The van der Waals surface area contributed by atoms with Crippen molar-refractivity contribution in [3.63, 3.8) is 0 Å². The zero-order valence-corrected chi connectivity index (χ0v) is 21.2. The van der Waals surface area contributed by atoms with E-state index >= 15 is 0 Å². The van der Waals surface area contributed by atoms with Gasteiger partial charge in [0.25, 0.3) is 0 Å². The van der Waals surface area contributed by atoms with E-state index in [9.17, 15) is 4.79 Å². The van der Waals surface area contributed by atoms with Gasteiger partial charge in [-0.2, -0.15) is 0 Å². The molecule has 0 radical (unpaired) electrons. The molecule has 0 aliphatic carbocycles. The highest BCUT2D eigenvalue weighted by molar-refractivity contribution is 5.90. The maximum absolute atomic E-state index is 12.7. The summed E-state index contributed by atoms with van der Waals surface area (Å²) in [5.74, 6) is 1.53. The van der Waals surface area contributed by atoms with Crippen LogP contribution >= 0.6 is 0 Å². The lowest BCUT2D eigenvalue weighted by Crippen LogP contribution is -2.56. The van der Waals surface area contributed by atoms with E-state index in [1.54, 1.807) is 24.1 Å². The Labute approximate surface area is 211 Å². The first kappa shape index (κ1) is 24.3. The van der Waals surface area contributed by atoms with E-state index in [4.69, 9.17) is 18.6 Å². The van der Waals surface area contributed by atoms with Crippen molar-refractivity contribution in [1.82, 2.24) is 20.0 Å². The number of carbonyl (C=O) groups is 1. The number of hydrogen-bond donors (Lipinski definition) is 0. The topological polar surface area (TPSA) is 90.2 Å². The minimum Gasteiger partial charge on any atom is -0.497 e. The highest BCUT2D eigenvalue weighted by Crippen LogP contribution is 2.29. The van der Waals surface area contributed by atoms with Crippen LogP contribution in [-0.2, 0) is 11.3 Å². The molecule has 0 atom stereocenters. The molecule has 2 aliphatic rings. The van der Waals surface area contributed by atoms with E-state index in [2.05, 4.69) is 48.1 Å². The van der Waals surface area contributed by atoms with Crippen molar-refractivity contribution in [3.8, 4) is 23.0 Å². The van der Waals surface area contributed by atoms with Crippen LogP contribution in [0.25, 0.3) is 11.5 Å². The second-order valence-electron chi connectivity index (χ2n) is 10.2. The Kier molecular flexibility index (Phi) is 6.68. The Bertz CT molecular complexity index is 1220. The number of aromatic nitrogens is 2. The number of nitrogens with zero attached hydrogens (tertiary/aromatic N) is 4. The van der Waals surface area contributed by atoms with Crippen molar-refractivity contribution >= 4 is 5.91 Å². The van der Waals surface area contributed by atoms with Gasteiger partial charge in [-0.15, -0.1) is 10.2 Å². The van der Waals surface area contributed by atoms with Crippen LogP contribution in [0.15, 0.2) is 46.9 Å². The predicted octanol–water partition coefficient (Wildman–Crippen LogP) is 3.43. The quantitative estimate of drug-likeness (QED) is 0.449. The van der Waals surface area contributed by atoms with Crippen LogP contribution in [-0.4, -0.2) is 79.0 Å². The van der Waals surface area contributed by atoms with Crippen molar-refractivity contribution < 1.29 is 23.4 Å². The van der Waals surface area contributed by atoms with Crippen molar-refractivity contribution in [2.75, 3.05) is 47.0 Å². The van der Waals surface area contributed by atoms with Crippen LogP contribution in [0.5, 0.6) is 11.5 Å². The Morgan fingerprint density at radius 3 is 2.50 bits per heavy atom. The summed E-state index contributed by atoms with van der Waals surface area (Å²) in [6, 6.07) is 13.4. The van der Waals surface area contributed by atoms with Gasteiger partial charge in [0.2, 0.25) is 5.89 Å². The van der Waals surface area contributed by atoms with Gasteiger partial charge < -0.3 is 28.4 Å². The molecule has 9 heteroatoms. The first-order valence-corrected chi connectivity index (χ1v) is 12.1. The lowest BCUT2D eigenvalue weighted by atomic mass is 9.88. The number of carbonyl (C=O) groups excluding carboxylic acids is 1. The fraction of sp³-hybridized carbons (Fsp3) is 0.444. The minimum absolute atomic E-state index is 0.0223. The molecule has 3 aromatic rings. The van der Waals surface area contributed by atoms with E-state index in [0.717, 1.165) is 43.4 Å². The fourth-order valence-electron chi connectivity index (χ4n) is 4.63. The fourth-order valence-corrected chi connectivity index (χ4v) is 4.63. The largest absolute Gasteiger partial charge is 0.497 e. The smallest absolute Gasteiger partial charge is 0.311 e. The molecule has 0 unspecified atom stereocenters. The molecule has 3 heterocycles. The molecule has 2 fully saturated rings. The number of amides is 1. The van der Waals surface area contributed by atoms with Gasteiger partial charge in [-0.3, -0.25) is 4.79 Å². The lowest BCUT2D eigenvalue weighted by molar-refractivity contribution is -0.113. The number of benzene rings is 2. The van der Waals surface area contributed by atoms with Gasteiger partial charge in [-0.25, -0.2) is 0 Å². The zero-order valence-electron chi connectivity index (χ0n) is 21.2. The summed E-state index contributed by atoms with van der Waals surface area (Å²) in [6.07, 6.45) is -0.0654. The van der Waals surface area contributed by atoms with Crippen molar-refractivity contribution in [3.05, 3.63) is 59.5 Å². The molecular weight excluding hydrogens is 460 g/mol. The van der Waals surface area contributed by atoms with Gasteiger partial charge in [-0.05, 0) is 61.5 Å². The van der Waals surface area contributed by atoms with Crippen LogP contribution in [0.2, 0.25) is 0 Å². The summed E-state index contributed by atoms with van der Waals surface area (Å²) in [4.78, 5) is 16.7. The van der Waals surface area contributed by atoms with E-state index in [-0.39, 0.29) is 23.3 Å². The first-order chi connectivity index (χ1) is 17.3. The summed E-state index contributed by atoms with van der Waals surface area (Å²) in [5, 5.41) is 7.94. The molecule has 1 aromatic heterocycles. The van der Waals surface area contributed by atoms with Crippen LogP contribution in [0.3, 0.4) is 0 Å². The lowest BCUT2D eigenvalue weighted by Gasteiger charge is -2.41. The average Bonchev–Trinajstić information content (AvgIpc) is 3.32. The predicted molar refractivity (Wildman–Crippen MR) is 133 cm³/mol. The van der Waals surface area contributed by atoms with E-state index < -0.39 is 0 Å². The van der Waals surface area contributed by atoms with E-state index in [1.807, 2.05) is 18.2 Å². The van der Waals surface area contributed by atoms with E-state index in [1.165, 1.54) is 11.1 Å². The molecule has 2 saturated heterocycles. The Hall–Kier alpha value is -3.43. The number of aryl methyl sites for hydroxylation is 1. The van der Waals surface area contributed by atoms with Crippen LogP contribution in [0, 0.1) is 12.3 Å². The van der Waals surface area contributed by atoms with Crippen molar-refractivity contribution in [2.45, 2.75) is 26.5 Å². The first-order valence-electron chi connectivity index (χ1n) is 12.1. The van der Waals surface area contributed by atoms with Gasteiger partial charge in [0.1, 0.15) is 17.6 Å². The molecule has 2 aromatic carbocycles. The SMILES string of the molecule is COc1ccc(-c2nnc(C(=O)N3CC(Oc4ccc(CN(C)CC5(C)COC5)c(C)c4)C3)o2)cc1.